The van der Waals surface area contributed by atoms with E-state index < -0.39 is 0 Å². The molecule has 0 atom stereocenters. The predicted molar refractivity (Wildman–Crippen MR) is 82.9 cm³/mol. The van der Waals surface area contributed by atoms with Crippen molar-refractivity contribution in [1.82, 2.24) is 10.6 Å². The number of rotatable bonds is 3. The quantitative estimate of drug-likeness (QED) is 0.380. The number of halogens is 1. The summed E-state index contributed by atoms with van der Waals surface area (Å²) in [6.45, 7) is 0.794. The molecule has 0 aromatic heterocycles. The van der Waals surface area contributed by atoms with Crippen molar-refractivity contribution in [2.45, 2.75) is 11.4 Å². The van der Waals surface area contributed by atoms with Gasteiger partial charge in [0.05, 0.1) is 0 Å². The lowest BCUT2D eigenvalue weighted by Gasteiger charge is -2.08. The number of thioether (sulfide) groups is 1. The maximum absolute atomic E-state index is 4.05. The van der Waals surface area contributed by atoms with Crippen LogP contribution in [0.3, 0.4) is 0 Å². The molecular formula is C11H18IN3S. The van der Waals surface area contributed by atoms with E-state index in [0.29, 0.717) is 0 Å². The van der Waals surface area contributed by atoms with Crippen molar-refractivity contribution >= 4 is 41.7 Å². The van der Waals surface area contributed by atoms with E-state index in [1.807, 2.05) is 7.05 Å². The molecule has 0 bridgehead atoms. The third kappa shape index (κ3) is 5.07. The lowest BCUT2D eigenvalue weighted by molar-refractivity contribution is 0.865. The zero-order valence-corrected chi connectivity index (χ0v) is 12.9. The van der Waals surface area contributed by atoms with Crippen molar-refractivity contribution in [2.24, 2.45) is 4.99 Å². The van der Waals surface area contributed by atoms with E-state index in [2.05, 4.69) is 46.1 Å². The molecule has 16 heavy (non-hydrogen) atoms. The second kappa shape index (κ2) is 8.69. The third-order valence-electron chi connectivity index (χ3n) is 2.08. The number of hydrogen-bond acceptors (Lipinski definition) is 2. The summed E-state index contributed by atoms with van der Waals surface area (Å²) >= 11 is 1.75. The first-order chi connectivity index (χ1) is 7.30. The molecule has 1 aromatic rings. The van der Waals surface area contributed by atoms with Crippen LogP contribution in [0.25, 0.3) is 0 Å². The van der Waals surface area contributed by atoms with Crippen LogP contribution in [0.1, 0.15) is 5.56 Å². The lowest BCUT2D eigenvalue weighted by Crippen LogP contribution is -2.34. The van der Waals surface area contributed by atoms with E-state index in [1.165, 1.54) is 10.5 Å². The van der Waals surface area contributed by atoms with Gasteiger partial charge in [0.1, 0.15) is 0 Å². The van der Waals surface area contributed by atoms with Gasteiger partial charge in [-0.1, -0.05) is 12.1 Å². The molecule has 0 radical (unpaired) electrons. The maximum Gasteiger partial charge on any atom is 0.190 e. The van der Waals surface area contributed by atoms with E-state index in [0.717, 1.165) is 12.5 Å². The van der Waals surface area contributed by atoms with E-state index in [1.54, 1.807) is 18.8 Å². The monoisotopic (exact) mass is 351 g/mol. The van der Waals surface area contributed by atoms with E-state index in [-0.39, 0.29) is 24.0 Å². The van der Waals surface area contributed by atoms with Gasteiger partial charge >= 0.3 is 0 Å². The Morgan fingerprint density at radius 2 is 1.94 bits per heavy atom. The number of guanidine groups is 1. The van der Waals surface area contributed by atoms with Gasteiger partial charge in [-0.3, -0.25) is 4.99 Å². The van der Waals surface area contributed by atoms with Gasteiger partial charge in [-0.05, 0) is 24.0 Å². The van der Waals surface area contributed by atoms with Crippen LogP contribution in [0.2, 0.25) is 0 Å². The highest BCUT2D eigenvalue weighted by Gasteiger charge is 1.95. The summed E-state index contributed by atoms with van der Waals surface area (Å²) in [4.78, 5) is 5.33. The minimum Gasteiger partial charge on any atom is -0.359 e. The molecule has 1 aromatic carbocycles. The first-order valence-corrected chi connectivity index (χ1v) is 6.04. The van der Waals surface area contributed by atoms with Crippen LogP contribution in [0, 0.1) is 0 Å². The molecule has 3 nitrogen and oxygen atoms in total. The van der Waals surface area contributed by atoms with Crippen LogP contribution < -0.4 is 10.6 Å². The Morgan fingerprint density at radius 1 is 1.31 bits per heavy atom. The summed E-state index contributed by atoms with van der Waals surface area (Å²) in [6, 6.07) is 8.51. The number of aliphatic imine (C=N–C) groups is 1. The van der Waals surface area contributed by atoms with Crippen LogP contribution >= 0.6 is 35.7 Å². The second-order valence-electron chi connectivity index (χ2n) is 3.02. The third-order valence-corrected chi connectivity index (χ3v) is 2.82. The molecule has 2 N–H and O–H groups in total. The van der Waals surface area contributed by atoms with Crippen LogP contribution in [-0.2, 0) is 6.54 Å². The Hall–Kier alpha value is -0.430. The summed E-state index contributed by atoms with van der Waals surface area (Å²) < 4.78 is 0. The van der Waals surface area contributed by atoms with Crippen LogP contribution in [-0.4, -0.2) is 26.3 Å². The van der Waals surface area contributed by atoms with Crippen molar-refractivity contribution < 1.29 is 0 Å². The highest BCUT2D eigenvalue weighted by atomic mass is 127. The van der Waals surface area contributed by atoms with E-state index in [4.69, 9.17) is 0 Å². The molecule has 0 saturated carbocycles. The highest BCUT2D eigenvalue weighted by Crippen LogP contribution is 2.14. The summed E-state index contributed by atoms with van der Waals surface area (Å²) in [5, 5.41) is 6.18. The first-order valence-electron chi connectivity index (χ1n) is 4.81. The summed E-state index contributed by atoms with van der Waals surface area (Å²) in [6.07, 6.45) is 2.08. The fourth-order valence-corrected chi connectivity index (χ4v) is 1.62. The lowest BCUT2D eigenvalue weighted by atomic mass is 10.2. The fraction of sp³-hybridized carbons (Fsp3) is 0.364. The molecule has 1 rings (SSSR count). The highest BCUT2D eigenvalue weighted by molar-refractivity contribution is 14.0. The molecule has 0 amide bonds. The fourth-order valence-electron chi connectivity index (χ4n) is 1.21. The van der Waals surface area contributed by atoms with E-state index >= 15 is 0 Å². The van der Waals surface area contributed by atoms with Gasteiger partial charge in [-0.15, -0.1) is 35.7 Å². The molecule has 0 aliphatic rings. The Kier molecular flexibility index (Phi) is 8.46. The predicted octanol–water partition coefficient (Wildman–Crippen LogP) is 2.32. The Labute approximate surface area is 119 Å². The van der Waals surface area contributed by atoms with Crippen LogP contribution in [0.4, 0.5) is 0 Å². The van der Waals surface area contributed by atoms with Gasteiger partial charge in [0.25, 0.3) is 0 Å². The van der Waals surface area contributed by atoms with Crippen LogP contribution in [0.5, 0.6) is 0 Å². The van der Waals surface area contributed by atoms with Crippen LogP contribution in [0.15, 0.2) is 34.2 Å². The van der Waals surface area contributed by atoms with Crippen molar-refractivity contribution in [2.75, 3.05) is 20.4 Å². The number of nitrogens with zero attached hydrogens (tertiary/aromatic N) is 1. The summed E-state index contributed by atoms with van der Waals surface area (Å²) in [7, 11) is 3.61. The van der Waals surface area contributed by atoms with Gasteiger partial charge in [-0.25, -0.2) is 0 Å². The normalized spacial score (nSPS) is 10.6. The van der Waals surface area contributed by atoms with Gasteiger partial charge in [0, 0.05) is 25.5 Å². The largest absolute Gasteiger partial charge is 0.359 e. The first kappa shape index (κ1) is 15.6. The molecule has 0 heterocycles. The molecule has 0 spiro atoms. The van der Waals surface area contributed by atoms with Gasteiger partial charge < -0.3 is 10.6 Å². The molecule has 90 valence electrons. The number of hydrogen-bond donors (Lipinski definition) is 2. The Morgan fingerprint density at radius 3 is 2.38 bits per heavy atom. The number of benzene rings is 1. The van der Waals surface area contributed by atoms with Crippen molar-refractivity contribution in [3.05, 3.63) is 29.8 Å². The van der Waals surface area contributed by atoms with E-state index in [9.17, 15) is 0 Å². The standard InChI is InChI=1S/C11H17N3S.HI/c1-12-11(13-2)14-8-9-4-6-10(15-3)7-5-9;/h4-7H,8H2,1-3H3,(H2,12,13,14);1H. The minimum absolute atomic E-state index is 0. The topological polar surface area (TPSA) is 36.4 Å². The van der Waals surface area contributed by atoms with Crippen molar-refractivity contribution in [3.8, 4) is 0 Å². The smallest absolute Gasteiger partial charge is 0.190 e. The Balaban J connectivity index is 0.00000225. The Bertz CT molecular complexity index is 325. The van der Waals surface area contributed by atoms with Gasteiger partial charge in [0.2, 0.25) is 0 Å². The van der Waals surface area contributed by atoms with Crippen molar-refractivity contribution in [1.29, 1.82) is 0 Å². The molecule has 0 unspecified atom stereocenters. The van der Waals surface area contributed by atoms with Crippen molar-refractivity contribution in [3.63, 3.8) is 0 Å². The van der Waals surface area contributed by atoms with Gasteiger partial charge in [0.15, 0.2) is 5.96 Å². The molecule has 0 fully saturated rings. The number of nitrogens with one attached hydrogen (secondary N) is 2. The molecule has 0 aliphatic heterocycles. The minimum atomic E-state index is 0. The molecular weight excluding hydrogens is 333 g/mol. The van der Waals surface area contributed by atoms with Gasteiger partial charge in [-0.2, -0.15) is 0 Å². The maximum atomic E-state index is 4.05. The SMILES string of the molecule is CN=C(NC)NCc1ccc(SC)cc1.I. The summed E-state index contributed by atoms with van der Waals surface area (Å²) in [5.41, 5.74) is 1.25. The molecule has 0 aliphatic carbocycles. The zero-order chi connectivity index (χ0) is 11.1. The average Bonchev–Trinajstić information content (AvgIpc) is 2.31. The molecule has 0 saturated heterocycles. The average molecular weight is 351 g/mol. The second-order valence-corrected chi connectivity index (χ2v) is 3.90. The molecule has 5 heteroatoms. The summed E-state index contributed by atoms with van der Waals surface area (Å²) in [5.74, 6) is 0.809. The zero-order valence-electron chi connectivity index (χ0n) is 9.78.